The Morgan fingerprint density at radius 1 is 1.15 bits per heavy atom. The van der Waals surface area contributed by atoms with E-state index in [1.807, 2.05) is 13.8 Å². The fourth-order valence-electron chi connectivity index (χ4n) is 3.00. The number of benzene rings is 1. The van der Waals surface area contributed by atoms with E-state index in [9.17, 15) is 13.2 Å². The summed E-state index contributed by atoms with van der Waals surface area (Å²) in [6.45, 7) is 6.27. The molecule has 0 unspecified atom stereocenters. The van der Waals surface area contributed by atoms with Gasteiger partial charge >= 0.3 is 0 Å². The molecule has 0 aliphatic heterocycles. The molecule has 1 N–H and O–H groups in total. The summed E-state index contributed by atoms with van der Waals surface area (Å²) in [6, 6.07) is 6.39. The molecule has 0 saturated carbocycles. The Morgan fingerprint density at radius 3 is 2.42 bits per heavy atom. The van der Waals surface area contributed by atoms with Crippen LogP contribution in [0, 0.1) is 25.6 Å². The lowest BCUT2D eigenvalue weighted by Crippen LogP contribution is -2.29. The number of fused-ring (bicyclic) bond motifs is 1. The molecule has 0 fully saturated rings. The molecule has 3 aromatic rings. The van der Waals surface area contributed by atoms with Crippen LogP contribution < -0.4 is 5.32 Å². The molecule has 0 spiro atoms. The van der Waals surface area contributed by atoms with Crippen molar-refractivity contribution in [3.05, 3.63) is 53.6 Å². The molecule has 0 atom stereocenters. The number of aryl methyl sites for hydroxylation is 2. The average Bonchev–Trinajstić information content (AvgIpc) is 2.94. The number of nitrogens with zero attached hydrogens (tertiary/aromatic N) is 2. The largest absolute Gasteiger partial charge is 0.341 e. The van der Waals surface area contributed by atoms with E-state index in [2.05, 4.69) is 10.3 Å². The molecule has 1 aromatic carbocycles. The summed E-state index contributed by atoms with van der Waals surface area (Å²) in [6.07, 6.45) is 3.24. The smallest absolute Gasteiger partial charge is 0.267 e. The number of pyridine rings is 1. The van der Waals surface area contributed by atoms with Crippen molar-refractivity contribution < 1.29 is 13.2 Å². The van der Waals surface area contributed by atoms with Gasteiger partial charge in [0.1, 0.15) is 11.6 Å². The van der Waals surface area contributed by atoms with Crippen LogP contribution in [0.2, 0.25) is 0 Å². The number of anilines is 2. The fraction of sp³-hybridized carbons (Fsp3) is 0.350. The van der Waals surface area contributed by atoms with Crippen LogP contribution >= 0.6 is 0 Å². The Labute approximate surface area is 150 Å². The second-order valence-electron chi connectivity index (χ2n) is 6.99. The van der Waals surface area contributed by atoms with Crippen LogP contribution in [0.4, 0.5) is 24.7 Å². The van der Waals surface area contributed by atoms with E-state index in [4.69, 9.17) is 0 Å². The molecule has 3 rings (SSSR count). The van der Waals surface area contributed by atoms with E-state index >= 15 is 0 Å². The molecule has 0 radical (unpaired) electrons. The number of alkyl halides is 2. The molecule has 138 valence electrons. The Morgan fingerprint density at radius 2 is 1.81 bits per heavy atom. The predicted molar refractivity (Wildman–Crippen MR) is 98.7 cm³/mol. The molecular formula is C20H22F3N3. The third kappa shape index (κ3) is 3.41. The van der Waals surface area contributed by atoms with Crippen molar-refractivity contribution in [2.45, 2.75) is 40.2 Å². The SMILES string of the molecule is Cc1cc(F)cc(C)c1Nc1nccc2c1ccn2CC(F)(F)C(C)C. The van der Waals surface area contributed by atoms with Crippen LogP contribution in [0.5, 0.6) is 0 Å². The van der Waals surface area contributed by atoms with Crippen LogP contribution in [0.25, 0.3) is 10.9 Å². The first-order chi connectivity index (χ1) is 12.2. The number of aromatic nitrogens is 2. The second-order valence-corrected chi connectivity index (χ2v) is 6.99. The number of rotatable bonds is 5. The van der Waals surface area contributed by atoms with Gasteiger partial charge in [-0.2, -0.15) is 0 Å². The maximum Gasteiger partial charge on any atom is 0.267 e. The summed E-state index contributed by atoms with van der Waals surface area (Å²) < 4.78 is 43.3. The molecule has 26 heavy (non-hydrogen) atoms. The molecule has 3 nitrogen and oxygen atoms in total. The van der Waals surface area contributed by atoms with E-state index in [0.717, 1.165) is 22.2 Å². The molecule has 6 heteroatoms. The number of halogens is 3. The Hall–Kier alpha value is -2.50. The third-order valence-electron chi connectivity index (χ3n) is 4.66. The minimum atomic E-state index is -2.80. The van der Waals surface area contributed by atoms with Crippen molar-refractivity contribution in [1.82, 2.24) is 9.55 Å². The lowest BCUT2D eigenvalue weighted by molar-refractivity contribution is -0.0587. The van der Waals surface area contributed by atoms with Crippen molar-refractivity contribution in [2.75, 3.05) is 5.32 Å². The van der Waals surface area contributed by atoms with Crippen molar-refractivity contribution in [3.8, 4) is 0 Å². The topological polar surface area (TPSA) is 29.9 Å². The molecular weight excluding hydrogens is 339 g/mol. The first-order valence-corrected chi connectivity index (χ1v) is 8.54. The van der Waals surface area contributed by atoms with Gasteiger partial charge in [0.15, 0.2) is 0 Å². The fourth-order valence-corrected chi connectivity index (χ4v) is 3.00. The van der Waals surface area contributed by atoms with Gasteiger partial charge in [0.2, 0.25) is 0 Å². The average molecular weight is 361 g/mol. The van der Waals surface area contributed by atoms with Crippen LogP contribution in [0.15, 0.2) is 36.7 Å². The van der Waals surface area contributed by atoms with Gasteiger partial charge in [-0.1, -0.05) is 13.8 Å². The van der Waals surface area contributed by atoms with Gasteiger partial charge in [0.05, 0.1) is 12.1 Å². The first kappa shape index (κ1) is 18.3. The molecule has 0 aliphatic rings. The standard InChI is InChI=1S/C20H22F3N3/c1-12(2)20(22,23)11-26-8-6-16-17(26)5-7-24-19(16)25-18-13(3)9-15(21)10-14(18)4/h5-10,12H,11H2,1-4H3,(H,24,25). The highest BCUT2D eigenvalue weighted by Gasteiger charge is 2.34. The summed E-state index contributed by atoms with van der Waals surface area (Å²) in [7, 11) is 0. The molecule has 0 bridgehead atoms. The molecule has 0 amide bonds. The van der Waals surface area contributed by atoms with Crippen LogP contribution in [-0.2, 0) is 6.54 Å². The van der Waals surface area contributed by atoms with E-state index < -0.39 is 11.8 Å². The highest BCUT2D eigenvalue weighted by molar-refractivity contribution is 5.92. The zero-order chi connectivity index (χ0) is 19.1. The van der Waals surface area contributed by atoms with Crippen molar-refractivity contribution >= 4 is 22.4 Å². The maximum absolute atomic E-state index is 14.1. The Balaban J connectivity index is 2.00. The summed E-state index contributed by atoms with van der Waals surface area (Å²) in [4.78, 5) is 4.35. The number of nitrogens with one attached hydrogen (secondary N) is 1. The number of hydrogen-bond acceptors (Lipinski definition) is 2. The number of hydrogen-bond donors (Lipinski definition) is 1. The normalized spacial score (nSPS) is 12.2. The van der Waals surface area contributed by atoms with Crippen LogP contribution in [-0.4, -0.2) is 15.5 Å². The van der Waals surface area contributed by atoms with E-state index in [-0.39, 0.29) is 12.4 Å². The van der Waals surface area contributed by atoms with Crippen molar-refractivity contribution in [2.24, 2.45) is 5.92 Å². The van der Waals surface area contributed by atoms with E-state index in [0.29, 0.717) is 11.3 Å². The monoisotopic (exact) mass is 361 g/mol. The Bertz CT molecular complexity index is 922. The van der Waals surface area contributed by atoms with Crippen molar-refractivity contribution in [3.63, 3.8) is 0 Å². The lowest BCUT2D eigenvalue weighted by atomic mass is 10.1. The highest BCUT2D eigenvalue weighted by Crippen LogP contribution is 2.32. The van der Waals surface area contributed by atoms with Crippen molar-refractivity contribution in [1.29, 1.82) is 0 Å². The quantitative estimate of drug-likeness (QED) is 0.620. The van der Waals surface area contributed by atoms with Gasteiger partial charge < -0.3 is 9.88 Å². The third-order valence-corrected chi connectivity index (χ3v) is 4.66. The second kappa shape index (κ2) is 6.67. The van der Waals surface area contributed by atoms with Crippen LogP contribution in [0.1, 0.15) is 25.0 Å². The van der Waals surface area contributed by atoms with E-state index in [1.54, 1.807) is 29.1 Å². The minimum absolute atomic E-state index is 0.293. The molecule has 0 aliphatic carbocycles. The molecule has 0 saturated heterocycles. The van der Waals surface area contributed by atoms with Gasteiger partial charge in [-0.15, -0.1) is 0 Å². The summed E-state index contributed by atoms with van der Waals surface area (Å²) in [5.74, 6) is -3.28. The summed E-state index contributed by atoms with van der Waals surface area (Å²) >= 11 is 0. The minimum Gasteiger partial charge on any atom is -0.341 e. The highest BCUT2D eigenvalue weighted by atomic mass is 19.3. The van der Waals surface area contributed by atoms with Gasteiger partial charge in [0, 0.05) is 29.4 Å². The summed E-state index contributed by atoms with van der Waals surface area (Å²) in [5.41, 5.74) is 2.96. The van der Waals surface area contributed by atoms with Gasteiger partial charge in [-0.05, 0) is 49.2 Å². The van der Waals surface area contributed by atoms with Gasteiger partial charge in [-0.3, -0.25) is 0 Å². The summed E-state index contributed by atoms with van der Waals surface area (Å²) in [5, 5.41) is 3.98. The maximum atomic E-state index is 14.1. The van der Waals surface area contributed by atoms with Gasteiger partial charge in [-0.25, -0.2) is 18.2 Å². The lowest BCUT2D eigenvalue weighted by Gasteiger charge is -2.21. The van der Waals surface area contributed by atoms with E-state index in [1.165, 1.54) is 26.0 Å². The van der Waals surface area contributed by atoms with Crippen LogP contribution in [0.3, 0.4) is 0 Å². The first-order valence-electron chi connectivity index (χ1n) is 8.54. The predicted octanol–water partition coefficient (Wildman–Crippen LogP) is 5.83. The molecule has 2 heterocycles. The Kier molecular flexibility index (Phi) is 4.69. The van der Waals surface area contributed by atoms with Gasteiger partial charge in [0.25, 0.3) is 5.92 Å². The zero-order valence-electron chi connectivity index (χ0n) is 15.3. The zero-order valence-corrected chi connectivity index (χ0v) is 15.3. The molecule has 2 aromatic heterocycles.